The van der Waals surface area contributed by atoms with Crippen LogP contribution < -0.4 is 14.8 Å². The fraction of sp³-hybridized carbons (Fsp3) is 0.462. The van der Waals surface area contributed by atoms with Crippen LogP contribution in [0, 0.1) is 6.92 Å². The molecule has 4 nitrogen and oxygen atoms in total. The van der Waals surface area contributed by atoms with Crippen molar-refractivity contribution in [3.63, 3.8) is 0 Å². The molecule has 0 amide bonds. The minimum Gasteiger partial charge on any atom is -0.496 e. The fourth-order valence-corrected chi connectivity index (χ4v) is 1.67. The maximum absolute atomic E-state index is 10.9. The minimum atomic E-state index is 0.168. The third-order valence-electron chi connectivity index (χ3n) is 2.57. The van der Waals surface area contributed by atoms with Crippen LogP contribution in [-0.2, 0) is 4.79 Å². The first-order valence-corrected chi connectivity index (χ1v) is 5.55. The van der Waals surface area contributed by atoms with E-state index in [1.165, 1.54) is 0 Å². The number of rotatable bonds is 6. The Kier molecular flexibility index (Phi) is 4.82. The summed E-state index contributed by atoms with van der Waals surface area (Å²) in [6.45, 7) is 4.13. The number of ether oxygens (including phenoxy) is 2. The standard InChI is InChI=1S/C13H19NO3/c1-9(15)7-8-14-11-5-6-12(16-3)10(2)13(11)17-4/h5-6,14H,7-8H2,1-4H3. The van der Waals surface area contributed by atoms with E-state index in [4.69, 9.17) is 9.47 Å². The number of nitrogens with one attached hydrogen (secondary N) is 1. The van der Waals surface area contributed by atoms with E-state index in [2.05, 4.69) is 5.32 Å². The van der Waals surface area contributed by atoms with Crippen LogP contribution in [0.3, 0.4) is 0 Å². The van der Waals surface area contributed by atoms with Gasteiger partial charge in [0.05, 0.1) is 19.9 Å². The van der Waals surface area contributed by atoms with Gasteiger partial charge in [0.25, 0.3) is 0 Å². The molecular formula is C13H19NO3. The number of methoxy groups -OCH3 is 2. The lowest BCUT2D eigenvalue weighted by atomic mass is 10.1. The van der Waals surface area contributed by atoms with E-state index in [1.54, 1.807) is 21.1 Å². The van der Waals surface area contributed by atoms with Crippen LogP contribution in [-0.4, -0.2) is 26.5 Å². The van der Waals surface area contributed by atoms with Crippen molar-refractivity contribution in [3.05, 3.63) is 17.7 Å². The first-order valence-electron chi connectivity index (χ1n) is 5.55. The zero-order chi connectivity index (χ0) is 12.8. The Bertz CT molecular complexity index is 402. The second-order valence-corrected chi connectivity index (χ2v) is 3.85. The highest BCUT2D eigenvalue weighted by Crippen LogP contribution is 2.34. The van der Waals surface area contributed by atoms with Crippen molar-refractivity contribution < 1.29 is 14.3 Å². The average molecular weight is 237 g/mol. The highest BCUT2D eigenvalue weighted by molar-refractivity contribution is 5.76. The van der Waals surface area contributed by atoms with Crippen molar-refractivity contribution in [1.82, 2.24) is 0 Å². The zero-order valence-corrected chi connectivity index (χ0v) is 10.8. The summed E-state index contributed by atoms with van der Waals surface area (Å²) < 4.78 is 10.6. The summed E-state index contributed by atoms with van der Waals surface area (Å²) in [4.78, 5) is 10.9. The van der Waals surface area contributed by atoms with Gasteiger partial charge in [-0.15, -0.1) is 0 Å². The van der Waals surface area contributed by atoms with E-state index < -0.39 is 0 Å². The predicted octanol–water partition coefficient (Wildman–Crippen LogP) is 2.40. The van der Waals surface area contributed by atoms with Crippen LogP contribution in [0.2, 0.25) is 0 Å². The molecule has 94 valence electrons. The van der Waals surface area contributed by atoms with Crippen molar-refractivity contribution in [1.29, 1.82) is 0 Å². The predicted molar refractivity (Wildman–Crippen MR) is 68.1 cm³/mol. The van der Waals surface area contributed by atoms with Gasteiger partial charge in [0.15, 0.2) is 0 Å². The van der Waals surface area contributed by atoms with Gasteiger partial charge < -0.3 is 14.8 Å². The number of ketones is 1. The van der Waals surface area contributed by atoms with Gasteiger partial charge in [-0.2, -0.15) is 0 Å². The minimum absolute atomic E-state index is 0.168. The van der Waals surface area contributed by atoms with Crippen molar-refractivity contribution in [3.8, 4) is 11.5 Å². The van der Waals surface area contributed by atoms with Crippen LogP contribution in [0.25, 0.3) is 0 Å². The topological polar surface area (TPSA) is 47.6 Å². The van der Waals surface area contributed by atoms with Crippen molar-refractivity contribution >= 4 is 11.5 Å². The molecular weight excluding hydrogens is 218 g/mol. The molecule has 0 spiro atoms. The first-order chi connectivity index (χ1) is 8.10. The molecule has 0 bridgehead atoms. The highest BCUT2D eigenvalue weighted by Gasteiger charge is 2.10. The molecule has 0 aliphatic carbocycles. The number of carbonyl (C=O) groups is 1. The number of hydrogen-bond donors (Lipinski definition) is 1. The zero-order valence-electron chi connectivity index (χ0n) is 10.8. The molecule has 0 unspecified atom stereocenters. The first kappa shape index (κ1) is 13.4. The maximum Gasteiger partial charge on any atom is 0.148 e. The fourth-order valence-electron chi connectivity index (χ4n) is 1.67. The summed E-state index contributed by atoms with van der Waals surface area (Å²) in [5, 5.41) is 3.19. The lowest BCUT2D eigenvalue weighted by Crippen LogP contribution is -2.07. The van der Waals surface area contributed by atoms with E-state index in [1.807, 2.05) is 19.1 Å². The molecule has 4 heteroatoms. The van der Waals surface area contributed by atoms with Crippen LogP contribution >= 0.6 is 0 Å². The Morgan fingerprint density at radius 1 is 1.29 bits per heavy atom. The third kappa shape index (κ3) is 3.37. The normalized spacial score (nSPS) is 9.88. The molecule has 1 aromatic rings. The van der Waals surface area contributed by atoms with Crippen LogP contribution in [0.1, 0.15) is 18.9 Å². The van der Waals surface area contributed by atoms with Crippen molar-refractivity contribution in [2.24, 2.45) is 0 Å². The summed E-state index contributed by atoms with van der Waals surface area (Å²) in [5.41, 5.74) is 1.83. The van der Waals surface area contributed by atoms with Crippen molar-refractivity contribution in [2.45, 2.75) is 20.3 Å². The quantitative estimate of drug-likeness (QED) is 0.825. The Balaban J connectivity index is 2.85. The second kappa shape index (κ2) is 6.13. The van der Waals surface area contributed by atoms with E-state index in [0.717, 1.165) is 22.7 Å². The van der Waals surface area contributed by atoms with E-state index >= 15 is 0 Å². The van der Waals surface area contributed by atoms with Gasteiger partial charge in [-0.05, 0) is 26.0 Å². The number of anilines is 1. The summed E-state index contributed by atoms with van der Waals surface area (Å²) >= 11 is 0. The maximum atomic E-state index is 10.9. The monoisotopic (exact) mass is 237 g/mol. The SMILES string of the molecule is COc1ccc(NCCC(C)=O)c(OC)c1C. The highest BCUT2D eigenvalue weighted by atomic mass is 16.5. The lowest BCUT2D eigenvalue weighted by molar-refractivity contribution is -0.116. The smallest absolute Gasteiger partial charge is 0.148 e. The molecule has 0 saturated carbocycles. The Labute approximate surface area is 102 Å². The molecule has 0 radical (unpaired) electrons. The van der Waals surface area contributed by atoms with Gasteiger partial charge in [-0.25, -0.2) is 0 Å². The van der Waals surface area contributed by atoms with E-state index in [9.17, 15) is 4.79 Å². The number of hydrogen-bond acceptors (Lipinski definition) is 4. The molecule has 1 N–H and O–H groups in total. The molecule has 0 saturated heterocycles. The number of Topliss-reactive ketones (excluding diaryl/α,β-unsaturated/α-hetero) is 1. The number of carbonyl (C=O) groups excluding carboxylic acids is 1. The molecule has 0 aliphatic rings. The molecule has 1 rings (SSSR count). The summed E-state index contributed by atoms with van der Waals surface area (Å²) in [7, 11) is 3.25. The molecule has 0 heterocycles. The summed E-state index contributed by atoms with van der Waals surface area (Å²) in [6, 6.07) is 3.78. The molecule has 17 heavy (non-hydrogen) atoms. The molecule has 0 atom stereocenters. The van der Waals surface area contributed by atoms with Gasteiger partial charge in [-0.3, -0.25) is 4.79 Å². The van der Waals surface area contributed by atoms with Crippen molar-refractivity contribution in [2.75, 3.05) is 26.1 Å². The average Bonchev–Trinajstić information content (AvgIpc) is 2.29. The Hall–Kier alpha value is -1.71. The Morgan fingerprint density at radius 3 is 2.53 bits per heavy atom. The Morgan fingerprint density at radius 2 is 2.00 bits per heavy atom. The van der Waals surface area contributed by atoms with Gasteiger partial charge in [0.2, 0.25) is 0 Å². The summed E-state index contributed by atoms with van der Waals surface area (Å²) in [6.07, 6.45) is 0.508. The third-order valence-corrected chi connectivity index (χ3v) is 2.57. The lowest BCUT2D eigenvalue weighted by Gasteiger charge is -2.15. The van der Waals surface area contributed by atoms with E-state index in [-0.39, 0.29) is 5.78 Å². The summed E-state index contributed by atoms with van der Waals surface area (Å²) in [5.74, 6) is 1.72. The number of benzene rings is 1. The molecule has 1 aromatic carbocycles. The van der Waals surface area contributed by atoms with Gasteiger partial charge in [0.1, 0.15) is 17.3 Å². The van der Waals surface area contributed by atoms with Gasteiger partial charge in [-0.1, -0.05) is 0 Å². The largest absolute Gasteiger partial charge is 0.496 e. The molecule has 0 fully saturated rings. The van der Waals surface area contributed by atoms with Crippen LogP contribution in [0.5, 0.6) is 11.5 Å². The van der Waals surface area contributed by atoms with E-state index in [0.29, 0.717) is 13.0 Å². The van der Waals surface area contributed by atoms with Crippen LogP contribution in [0.4, 0.5) is 5.69 Å². The molecule has 0 aliphatic heterocycles. The van der Waals surface area contributed by atoms with Crippen LogP contribution in [0.15, 0.2) is 12.1 Å². The molecule has 0 aromatic heterocycles. The van der Waals surface area contributed by atoms with Gasteiger partial charge in [0, 0.05) is 18.5 Å². The van der Waals surface area contributed by atoms with Gasteiger partial charge >= 0.3 is 0 Å². The second-order valence-electron chi connectivity index (χ2n) is 3.85.